The molecule has 0 atom stereocenters. The number of sulfone groups is 2. The van der Waals surface area contributed by atoms with Crippen molar-refractivity contribution in [2.75, 3.05) is 22.9 Å². The van der Waals surface area contributed by atoms with Gasteiger partial charge in [0, 0.05) is 19.2 Å². The average molecular weight is 779 g/mol. The Kier molecular flexibility index (Phi) is 10.5. The number of nitrogens with two attached hydrogens (primary N) is 1. The van der Waals surface area contributed by atoms with Crippen molar-refractivity contribution in [2.45, 2.75) is 47.6 Å². The zero-order chi connectivity index (χ0) is 37.4. The molecule has 0 aliphatic heterocycles. The maximum absolute atomic E-state index is 12.9. The Morgan fingerprint density at radius 2 is 1.40 bits per heavy atom. The van der Waals surface area contributed by atoms with Crippen LogP contribution in [0.2, 0.25) is 0 Å². The van der Waals surface area contributed by atoms with Gasteiger partial charge in [0.05, 0.1) is 42.4 Å². The number of thiazole rings is 1. The zero-order valence-corrected chi connectivity index (χ0v) is 27.6. The second-order valence-corrected chi connectivity index (χ2v) is 14.7. The number of imidazole rings is 1. The molecule has 3 aromatic carbocycles. The molecule has 0 saturated carbocycles. The number of hydrogen-bond donors (Lipinski definition) is 3. The summed E-state index contributed by atoms with van der Waals surface area (Å²) in [5.74, 6) is -0.246. The van der Waals surface area contributed by atoms with E-state index in [1.165, 1.54) is 24.3 Å². The van der Waals surface area contributed by atoms with Crippen LogP contribution in [0, 0.1) is 0 Å². The van der Waals surface area contributed by atoms with Crippen molar-refractivity contribution >= 4 is 74.7 Å². The van der Waals surface area contributed by atoms with E-state index >= 15 is 0 Å². The third kappa shape index (κ3) is 8.09. The van der Waals surface area contributed by atoms with Gasteiger partial charge in [-0.25, -0.2) is 26.8 Å². The number of aromatic nitrogens is 3. The van der Waals surface area contributed by atoms with Gasteiger partial charge in [-0.3, -0.25) is 0 Å². The van der Waals surface area contributed by atoms with Crippen molar-refractivity contribution in [2.24, 2.45) is 0 Å². The van der Waals surface area contributed by atoms with Gasteiger partial charge in [0.15, 0.2) is 5.13 Å². The third-order valence-corrected chi connectivity index (χ3v) is 10.4. The van der Waals surface area contributed by atoms with E-state index in [1.54, 1.807) is 18.4 Å². The highest BCUT2D eigenvalue weighted by atomic mass is 32.2. The van der Waals surface area contributed by atoms with Crippen LogP contribution in [0.1, 0.15) is 13.8 Å². The number of rotatable bonds is 8. The van der Waals surface area contributed by atoms with Crippen molar-refractivity contribution in [3.63, 3.8) is 0 Å². The first-order valence-corrected chi connectivity index (χ1v) is 17.5. The minimum Gasteiger partial charge on any atom is -0.406 e. The molecule has 0 unspecified atom stereocenters. The van der Waals surface area contributed by atoms with Crippen LogP contribution >= 0.6 is 11.3 Å². The fourth-order valence-corrected chi connectivity index (χ4v) is 6.74. The van der Waals surface area contributed by atoms with E-state index < -0.39 is 52.6 Å². The summed E-state index contributed by atoms with van der Waals surface area (Å²) in [6.07, 6.45) is -4.84. The fraction of sp³-hybridized carbons (Fsp3) is 0.259. The summed E-state index contributed by atoms with van der Waals surface area (Å²) in [5.41, 5.74) is -4.20. The number of nitrogen functional groups attached to an aromatic ring is 1. The molecule has 0 fully saturated rings. The SMILES string of the molecule is CCNc1ccc(S(=O)(=O)C(F)(F)F)cc1N.CCn1c(Nc2nc3ccc(OC(F)(F)F)cc3s2)nc2cc(S(=O)(=O)C(F)(F)F)ccc21. The molecule has 11 nitrogen and oxygen atoms in total. The Hall–Kier alpha value is -4.51. The van der Waals surface area contributed by atoms with Crippen LogP contribution in [-0.4, -0.2) is 55.3 Å². The summed E-state index contributed by atoms with van der Waals surface area (Å²) in [4.78, 5) is 6.64. The Labute approximate surface area is 280 Å². The van der Waals surface area contributed by atoms with E-state index in [9.17, 15) is 56.3 Å². The number of alkyl halides is 9. The molecule has 0 saturated heterocycles. The lowest BCUT2D eigenvalue weighted by Crippen LogP contribution is -2.23. The topological polar surface area (TPSA) is 158 Å². The monoisotopic (exact) mass is 778 g/mol. The summed E-state index contributed by atoms with van der Waals surface area (Å²) < 4.78 is 164. The summed E-state index contributed by atoms with van der Waals surface area (Å²) >= 11 is 1.00. The van der Waals surface area contributed by atoms with E-state index in [2.05, 4.69) is 25.3 Å². The maximum Gasteiger partial charge on any atom is 0.573 e. The minimum absolute atomic E-state index is 0.00616. The largest absolute Gasteiger partial charge is 0.573 e. The number of benzene rings is 3. The number of nitrogens with one attached hydrogen (secondary N) is 2. The van der Waals surface area contributed by atoms with Crippen molar-refractivity contribution in [1.29, 1.82) is 0 Å². The Bertz CT molecular complexity index is 2250. The van der Waals surface area contributed by atoms with Crippen LogP contribution in [0.3, 0.4) is 0 Å². The average Bonchev–Trinajstić information content (AvgIpc) is 3.55. The third-order valence-electron chi connectivity index (χ3n) is 6.47. The number of fused-ring (bicyclic) bond motifs is 2. The minimum atomic E-state index is -5.54. The van der Waals surface area contributed by atoms with E-state index in [-0.39, 0.29) is 22.3 Å². The van der Waals surface area contributed by atoms with Gasteiger partial charge in [0.2, 0.25) is 5.95 Å². The number of aryl methyl sites for hydroxylation is 1. The molecular formula is C27H23F9N6O5S3. The van der Waals surface area contributed by atoms with E-state index in [0.717, 1.165) is 41.7 Å². The van der Waals surface area contributed by atoms with Gasteiger partial charge in [0.25, 0.3) is 19.7 Å². The maximum atomic E-state index is 12.9. The van der Waals surface area contributed by atoms with E-state index in [1.807, 2.05) is 0 Å². The Balaban J connectivity index is 0.000000279. The molecule has 5 aromatic rings. The normalized spacial score (nSPS) is 12.9. The van der Waals surface area contributed by atoms with Gasteiger partial charge in [-0.2, -0.15) is 26.3 Å². The molecule has 0 aliphatic rings. The van der Waals surface area contributed by atoms with Crippen molar-refractivity contribution < 1.29 is 61.1 Å². The second kappa shape index (κ2) is 13.7. The summed E-state index contributed by atoms with van der Waals surface area (Å²) in [5, 5.41) is 5.93. The molecular weight excluding hydrogens is 756 g/mol. The van der Waals surface area contributed by atoms with Gasteiger partial charge in [-0.05, 0) is 62.4 Å². The molecule has 0 aliphatic carbocycles. The van der Waals surface area contributed by atoms with Crippen molar-refractivity contribution in [3.8, 4) is 5.75 Å². The van der Waals surface area contributed by atoms with Gasteiger partial charge < -0.3 is 25.7 Å². The van der Waals surface area contributed by atoms with Gasteiger partial charge in [0.1, 0.15) is 5.75 Å². The van der Waals surface area contributed by atoms with Crippen LogP contribution in [0.5, 0.6) is 5.75 Å². The molecule has 2 heterocycles. The van der Waals surface area contributed by atoms with Gasteiger partial charge >= 0.3 is 17.4 Å². The lowest BCUT2D eigenvalue weighted by molar-refractivity contribution is -0.274. The van der Waals surface area contributed by atoms with Crippen LogP contribution in [0.25, 0.3) is 21.3 Å². The highest BCUT2D eigenvalue weighted by Crippen LogP contribution is 2.36. The van der Waals surface area contributed by atoms with E-state index in [4.69, 9.17) is 5.73 Å². The standard InChI is InChI=1S/C18H12F6N4O3S2.C9H11F3N2O2S/c1-2-28-13-6-4-10(33(29,30)18(22,23)24)8-12(13)25-15(28)27-16-26-11-5-3-9(7-14(11)32-16)31-17(19,20)21;1-2-14-8-4-3-6(5-7(8)13)17(15,16)9(10,11)12/h3-8H,2H2,1H3,(H,25,26,27);3-5,14H,2,13H2,1H3. The number of nitrogens with zero attached hydrogens (tertiary/aromatic N) is 3. The van der Waals surface area contributed by atoms with Gasteiger partial charge in [-0.1, -0.05) is 11.3 Å². The number of anilines is 4. The van der Waals surface area contributed by atoms with Crippen molar-refractivity contribution in [3.05, 3.63) is 54.6 Å². The summed E-state index contributed by atoms with van der Waals surface area (Å²) in [6.45, 7) is 4.37. The molecule has 4 N–H and O–H groups in total. The lowest BCUT2D eigenvalue weighted by atomic mass is 10.2. The first-order chi connectivity index (χ1) is 23.0. The molecule has 0 bridgehead atoms. The van der Waals surface area contributed by atoms with Crippen molar-refractivity contribution in [1.82, 2.24) is 14.5 Å². The first-order valence-electron chi connectivity index (χ1n) is 13.7. The molecule has 23 heteroatoms. The van der Waals surface area contributed by atoms with Gasteiger partial charge in [-0.15, -0.1) is 13.2 Å². The Morgan fingerprint density at radius 3 is 1.94 bits per heavy atom. The van der Waals surface area contributed by atoms with Crippen LogP contribution < -0.4 is 21.1 Å². The fourth-order valence-electron chi connectivity index (χ4n) is 4.27. The first kappa shape index (κ1) is 38.3. The smallest absolute Gasteiger partial charge is 0.406 e. The molecule has 0 spiro atoms. The lowest BCUT2D eigenvalue weighted by Gasteiger charge is -2.11. The molecule has 0 radical (unpaired) electrons. The highest BCUT2D eigenvalue weighted by Gasteiger charge is 2.48. The molecule has 5 rings (SSSR count). The molecule has 2 aromatic heterocycles. The number of hydrogen-bond acceptors (Lipinski definition) is 11. The molecule has 50 heavy (non-hydrogen) atoms. The molecule has 272 valence electrons. The molecule has 0 amide bonds. The summed E-state index contributed by atoms with van der Waals surface area (Å²) in [6, 6.07) is 9.39. The van der Waals surface area contributed by atoms with Crippen LogP contribution in [-0.2, 0) is 26.2 Å². The Morgan fingerprint density at radius 1 is 0.800 bits per heavy atom. The predicted octanol–water partition coefficient (Wildman–Crippen LogP) is 7.60. The van der Waals surface area contributed by atoms with Crippen LogP contribution in [0.4, 0.5) is 62.0 Å². The quantitative estimate of drug-likeness (QED) is 0.106. The predicted molar refractivity (Wildman–Crippen MR) is 166 cm³/mol. The number of ether oxygens (including phenoxy) is 1. The number of halogens is 9. The summed E-state index contributed by atoms with van der Waals surface area (Å²) in [7, 11) is -10.9. The van der Waals surface area contributed by atoms with E-state index in [0.29, 0.717) is 34.5 Å². The highest BCUT2D eigenvalue weighted by molar-refractivity contribution is 7.92. The zero-order valence-electron chi connectivity index (χ0n) is 25.2. The second-order valence-electron chi connectivity index (χ2n) is 9.83. The van der Waals surface area contributed by atoms with Crippen LogP contribution in [0.15, 0.2) is 64.4 Å².